The van der Waals surface area contributed by atoms with Gasteiger partial charge in [0.1, 0.15) is 6.33 Å². The molecule has 5 nitrogen and oxygen atoms in total. The number of rotatable bonds is 5. The minimum absolute atomic E-state index is 0.0925. The van der Waals surface area contributed by atoms with Gasteiger partial charge in [-0.1, -0.05) is 62.1 Å². The highest BCUT2D eigenvalue weighted by Crippen LogP contribution is 2.22. The standard InChI is InChI=1S/C19H26N4OS/c1-15-9-7-8-12-17(15)23-14-20-22-19(23)25-13-18(24)21-16-10-5-3-2-4-6-11-16/h7-9,12,14,16H,2-6,10-11,13H2,1H3,(H,21,24). The van der Waals surface area contributed by atoms with E-state index in [1.54, 1.807) is 6.33 Å². The summed E-state index contributed by atoms with van der Waals surface area (Å²) in [6, 6.07) is 8.45. The summed E-state index contributed by atoms with van der Waals surface area (Å²) in [5, 5.41) is 12.1. The summed E-state index contributed by atoms with van der Waals surface area (Å²) in [7, 11) is 0. The van der Waals surface area contributed by atoms with Gasteiger partial charge in [-0.15, -0.1) is 10.2 Å². The number of nitrogens with one attached hydrogen (secondary N) is 1. The molecule has 6 heteroatoms. The number of thioether (sulfide) groups is 1. The third-order valence-electron chi connectivity index (χ3n) is 4.69. The van der Waals surface area contributed by atoms with Crippen molar-refractivity contribution in [1.29, 1.82) is 0 Å². The number of carbonyl (C=O) groups excluding carboxylic acids is 1. The second-order valence-electron chi connectivity index (χ2n) is 6.67. The van der Waals surface area contributed by atoms with Gasteiger partial charge in [-0.3, -0.25) is 9.36 Å². The zero-order valence-corrected chi connectivity index (χ0v) is 15.6. The second-order valence-corrected chi connectivity index (χ2v) is 7.61. The van der Waals surface area contributed by atoms with Gasteiger partial charge in [0.15, 0.2) is 5.16 Å². The zero-order valence-electron chi connectivity index (χ0n) is 14.8. The predicted molar refractivity (Wildman–Crippen MR) is 101 cm³/mol. The van der Waals surface area contributed by atoms with Crippen LogP contribution in [0.3, 0.4) is 0 Å². The van der Waals surface area contributed by atoms with Crippen molar-refractivity contribution in [3.8, 4) is 5.69 Å². The number of carbonyl (C=O) groups is 1. The van der Waals surface area contributed by atoms with E-state index in [0.29, 0.717) is 11.8 Å². The van der Waals surface area contributed by atoms with E-state index in [0.717, 1.165) is 29.2 Å². The number of aryl methyl sites for hydroxylation is 1. The third kappa shape index (κ3) is 5.08. The monoisotopic (exact) mass is 358 g/mol. The molecule has 0 unspecified atom stereocenters. The van der Waals surface area contributed by atoms with Gasteiger partial charge in [0.2, 0.25) is 5.91 Å². The molecule has 1 aliphatic rings. The Hall–Kier alpha value is -1.82. The Labute approximate surface area is 153 Å². The minimum atomic E-state index is 0.0925. The average Bonchev–Trinajstić information content (AvgIpc) is 3.04. The van der Waals surface area contributed by atoms with E-state index in [1.807, 2.05) is 22.8 Å². The lowest BCUT2D eigenvalue weighted by Gasteiger charge is -2.20. The van der Waals surface area contributed by atoms with Crippen molar-refractivity contribution in [2.45, 2.75) is 63.1 Å². The maximum atomic E-state index is 12.3. The summed E-state index contributed by atoms with van der Waals surface area (Å²) < 4.78 is 1.95. The Morgan fingerprint density at radius 3 is 2.68 bits per heavy atom. The lowest BCUT2D eigenvalue weighted by Crippen LogP contribution is -2.36. The Bertz CT molecular complexity index is 692. The summed E-state index contributed by atoms with van der Waals surface area (Å²) in [4.78, 5) is 12.3. The molecular weight excluding hydrogens is 332 g/mol. The molecule has 2 aromatic rings. The molecule has 0 spiro atoms. The van der Waals surface area contributed by atoms with Crippen LogP contribution in [0.5, 0.6) is 0 Å². The highest BCUT2D eigenvalue weighted by molar-refractivity contribution is 7.99. The van der Waals surface area contributed by atoms with Crippen LogP contribution in [0.1, 0.15) is 50.5 Å². The van der Waals surface area contributed by atoms with Crippen LogP contribution >= 0.6 is 11.8 Å². The van der Waals surface area contributed by atoms with Crippen LogP contribution in [-0.4, -0.2) is 32.5 Å². The van der Waals surface area contributed by atoms with Crippen LogP contribution < -0.4 is 5.32 Å². The molecule has 0 bridgehead atoms. The topological polar surface area (TPSA) is 59.8 Å². The molecule has 3 rings (SSSR count). The SMILES string of the molecule is Cc1ccccc1-n1cnnc1SCC(=O)NC1CCCCCCC1. The van der Waals surface area contributed by atoms with Crippen molar-refractivity contribution in [3.63, 3.8) is 0 Å². The molecule has 1 amide bonds. The first-order valence-corrected chi connectivity index (χ1v) is 10.1. The van der Waals surface area contributed by atoms with Crippen LogP contribution in [-0.2, 0) is 4.79 Å². The molecule has 1 aromatic heterocycles. The van der Waals surface area contributed by atoms with Gasteiger partial charge in [-0.25, -0.2) is 0 Å². The van der Waals surface area contributed by atoms with Gasteiger partial charge >= 0.3 is 0 Å². The molecular formula is C19H26N4OS. The van der Waals surface area contributed by atoms with Crippen molar-refractivity contribution in [1.82, 2.24) is 20.1 Å². The van der Waals surface area contributed by atoms with Gasteiger partial charge < -0.3 is 5.32 Å². The van der Waals surface area contributed by atoms with Gasteiger partial charge in [-0.2, -0.15) is 0 Å². The second kappa shape index (κ2) is 9.04. The molecule has 0 radical (unpaired) electrons. The molecule has 0 saturated heterocycles. The molecule has 0 aliphatic heterocycles. The number of aromatic nitrogens is 3. The largest absolute Gasteiger partial charge is 0.353 e. The van der Waals surface area contributed by atoms with E-state index in [1.165, 1.54) is 43.9 Å². The van der Waals surface area contributed by atoms with E-state index in [9.17, 15) is 4.79 Å². The summed E-state index contributed by atoms with van der Waals surface area (Å²) in [6.07, 6.45) is 10.3. The lowest BCUT2D eigenvalue weighted by atomic mass is 9.97. The van der Waals surface area contributed by atoms with Gasteiger partial charge in [0.05, 0.1) is 11.4 Å². The Morgan fingerprint density at radius 2 is 1.92 bits per heavy atom. The molecule has 1 aromatic carbocycles. The van der Waals surface area contributed by atoms with Gasteiger partial charge in [0.25, 0.3) is 0 Å². The van der Waals surface area contributed by atoms with E-state index in [-0.39, 0.29) is 5.91 Å². The van der Waals surface area contributed by atoms with Crippen LogP contribution in [0.4, 0.5) is 0 Å². The van der Waals surface area contributed by atoms with E-state index in [4.69, 9.17) is 0 Å². The van der Waals surface area contributed by atoms with E-state index < -0.39 is 0 Å². The number of nitrogens with zero attached hydrogens (tertiary/aromatic N) is 3. The fourth-order valence-corrected chi connectivity index (χ4v) is 4.05. The van der Waals surface area contributed by atoms with Gasteiger partial charge in [0, 0.05) is 6.04 Å². The first kappa shape index (κ1) is 18.0. The maximum absolute atomic E-state index is 12.3. The van der Waals surface area contributed by atoms with Crippen molar-refractivity contribution in [3.05, 3.63) is 36.2 Å². The molecule has 1 aliphatic carbocycles. The number of hydrogen-bond donors (Lipinski definition) is 1. The number of benzene rings is 1. The van der Waals surface area contributed by atoms with E-state index in [2.05, 4.69) is 28.5 Å². The number of amides is 1. The van der Waals surface area contributed by atoms with Crippen molar-refractivity contribution >= 4 is 17.7 Å². The zero-order chi connectivity index (χ0) is 17.5. The number of hydrogen-bond acceptors (Lipinski definition) is 4. The van der Waals surface area contributed by atoms with Crippen LogP contribution in [0, 0.1) is 6.92 Å². The van der Waals surface area contributed by atoms with Gasteiger partial charge in [-0.05, 0) is 31.4 Å². The smallest absolute Gasteiger partial charge is 0.230 e. The third-order valence-corrected chi connectivity index (χ3v) is 5.64. The first-order chi connectivity index (χ1) is 12.2. The normalized spacial score (nSPS) is 16.2. The molecule has 1 N–H and O–H groups in total. The first-order valence-electron chi connectivity index (χ1n) is 9.12. The Balaban J connectivity index is 1.56. The predicted octanol–water partition coefficient (Wildman–Crippen LogP) is 3.90. The molecule has 25 heavy (non-hydrogen) atoms. The van der Waals surface area contributed by atoms with Crippen LogP contribution in [0.2, 0.25) is 0 Å². The average molecular weight is 359 g/mol. The lowest BCUT2D eigenvalue weighted by molar-refractivity contribution is -0.119. The fraction of sp³-hybridized carbons (Fsp3) is 0.526. The summed E-state index contributed by atoms with van der Waals surface area (Å²) in [6.45, 7) is 2.06. The summed E-state index contributed by atoms with van der Waals surface area (Å²) in [5.74, 6) is 0.469. The quantitative estimate of drug-likeness (QED) is 0.824. The molecule has 1 fully saturated rings. The summed E-state index contributed by atoms with van der Waals surface area (Å²) in [5.41, 5.74) is 2.21. The number of para-hydroxylation sites is 1. The van der Waals surface area contributed by atoms with Crippen molar-refractivity contribution in [2.75, 3.05) is 5.75 Å². The van der Waals surface area contributed by atoms with Crippen LogP contribution in [0.25, 0.3) is 5.69 Å². The molecule has 1 heterocycles. The summed E-state index contributed by atoms with van der Waals surface area (Å²) >= 11 is 1.44. The Morgan fingerprint density at radius 1 is 1.20 bits per heavy atom. The molecule has 134 valence electrons. The van der Waals surface area contributed by atoms with Crippen LogP contribution in [0.15, 0.2) is 35.7 Å². The molecule has 1 saturated carbocycles. The molecule has 0 atom stereocenters. The van der Waals surface area contributed by atoms with Crippen molar-refractivity contribution in [2.24, 2.45) is 0 Å². The maximum Gasteiger partial charge on any atom is 0.230 e. The highest BCUT2D eigenvalue weighted by Gasteiger charge is 2.16. The van der Waals surface area contributed by atoms with E-state index >= 15 is 0 Å². The highest BCUT2D eigenvalue weighted by atomic mass is 32.2. The minimum Gasteiger partial charge on any atom is -0.353 e. The Kier molecular flexibility index (Phi) is 6.50. The fourth-order valence-electron chi connectivity index (χ4n) is 3.32. The van der Waals surface area contributed by atoms with Crippen molar-refractivity contribution < 1.29 is 4.79 Å².